The molecule has 0 unspecified atom stereocenters. The largest absolute Gasteiger partial charge is 0.309 e. The lowest BCUT2D eigenvalue weighted by atomic mass is 9.59. The van der Waals surface area contributed by atoms with Crippen LogP contribution in [0.5, 0.6) is 0 Å². The highest BCUT2D eigenvalue weighted by atomic mass is 16.1. The molecule has 0 spiro atoms. The quantitative estimate of drug-likeness (QED) is 0.179. The van der Waals surface area contributed by atoms with Crippen LogP contribution in [-0.2, 0) is 16.2 Å². The average Bonchev–Trinajstić information content (AvgIpc) is 3.51. The highest BCUT2D eigenvalue weighted by molar-refractivity contribution is 6.15. The van der Waals surface area contributed by atoms with Gasteiger partial charge in [-0.3, -0.25) is 4.79 Å². The van der Waals surface area contributed by atoms with E-state index in [0.717, 1.165) is 50.2 Å². The van der Waals surface area contributed by atoms with Gasteiger partial charge in [0.05, 0.1) is 16.4 Å². The molecule has 1 aliphatic carbocycles. The molecule has 1 aromatic heterocycles. The van der Waals surface area contributed by atoms with E-state index in [-0.39, 0.29) is 16.6 Å². The normalized spacial score (nSPS) is 13.9. The minimum atomic E-state index is -0.649. The second-order valence-electron chi connectivity index (χ2n) is 17.0. The van der Waals surface area contributed by atoms with E-state index < -0.39 is 5.41 Å². The van der Waals surface area contributed by atoms with Crippen LogP contribution in [0.3, 0.4) is 0 Å². The van der Waals surface area contributed by atoms with E-state index >= 15 is 0 Å². The molecule has 2 heteroatoms. The number of nitrogens with zero attached hydrogens (tertiary/aromatic N) is 1. The lowest BCUT2D eigenvalue weighted by molar-refractivity contribution is 0.103. The van der Waals surface area contributed by atoms with Crippen molar-refractivity contribution in [1.82, 2.24) is 4.57 Å². The van der Waals surface area contributed by atoms with Gasteiger partial charge in [0.15, 0.2) is 5.78 Å². The fourth-order valence-electron chi connectivity index (χ4n) is 8.76. The molecule has 0 bridgehead atoms. The second kappa shape index (κ2) is 12.3. The number of rotatable bonds is 4. The van der Waals surface area contributed by atoms with Gasteiger partial charge in [-0.05, 0) is 97.8 Å². The minimum Gasteiger partial charge on any atom is -0.309 e. The highest BCUT2D eigenvalue weighted by Crippen LogP contribution is 2.51. The highest BCUT2D eigenvalue weighted by Gasteiger charge is 2.46. The summed E-state index contributed by atoms with van der Waals surface area (Å²) in [6.45, 7) is 13.7. The number of carbonyl (C=O) groups excluding carboxylic acids is 1. The average molecular weight is 700 g/mol. The van der Waals surface area contributed by atoms with E-state index in [4.69, 9.17) is 0 Å². The maximum Gasteiger partial charge on any atom is 0.193 e. The van der Waals surface area contributed by atoms with Crippen LogP contribution in [0.15, 0.2) is 164 Å². The Labute approximate surface area is 318 Å². The third kappa shape index (κ3) is 5.19. The van der Waals surface area contributed by atoms with E-state index in [1.807, 2.05) is 12.1 Å². The lowest BCUT2D eigenvalue weighted by Gasteiger charge is -2.41. The van der Waals surface area contributed by atoms with E-state index in [1.165, 1.54) is 32.9 Å². The molecule has 9 rings (SSSR count). The van der Waals surface area contributed by atoms with Crippen molar-refractivity contribution in [2.45, 2.75) is 57.8 Å². The first-order valence-corrected chi connectivity index (χ1v) is 19.1. The summed E-state index contributed by atoms with van der Waals surface area (Å²) in [5.41, 5.74) is 13.4. The van der Waals surface area contributed by atoms with Gasteiger partial charge in [0.1, 0.15) is 0 Å². The van der Waals surface area contributed by atoms with Gasteiger partial charge in [0.25, 0.3) is 0 Å². The molecule has 8 aromatic rings. The maximum atomic E-state index is 14.6. The monoisotopic (exact) mass is 699 g/mol. The van der Waals surface area contributed by atoms with E-state index in [9.17, 15) is 4.79 Å². The summed E-state index contributed by atoms with van der Waals surface area (Å²) in [5, 5.41) is 2.54. The number of benzene rings is 7. The van der Waals surface area contributed by atoms with Gasteiger partial charge in [0.2, 0.25) is 0 Å². The first kappa shape index (κ1) is 33.8. The van der Waals surface area contributed by atoms with Crippen molar-refractivity contribution in [3.8, 4) is 16.8 Å². The van der Waals surface area contributed by atoms with Crippen LogP contribution >= 0.6 is 0 Å². The summed E-state index contributed by atoms with van der Waals surface area (Å²) in [5.74, 6) is 0.0628. The Bertz CT molecular complexity index is 2620. The summed E-state index contributed by atoms with van der Waals surface area (Å²) < 4.78 is 2.41. The Hall–Kier alpha value is -5.99. The van der Waals surface area contributed by atoms with E-state index in [2.05, 4.69) is 198 Å². The van der Waals surface area contributed by atoms with Crippen molar-refractivity contribution < 1.29 is 4.79 Å². The summed E-state index contributed by atoms with van der Waals surface area (Å²) in [6.07, 6.45) is 0. The number of hydrogen-bond donors (Lipinski definition) is 0. The fourth-order valence-corrected chi connectivity index (χ4v) is 8.76. The lowest BCUT2D eigenvalue weighted by Crippen LogP contribution is -2.38. The fraction of sp³-hybridized carbons (Fsp3) is 0.173. The van der Waals surface area contributed by atoms with Crippen LogP contribution < -0.4 is 0 Å². The Balaban J connectivity index is 1.25. The van der Waals surface area contributed by atoms with Gasteiger partial charge in [-0.25, -0.2) is 0 Å². The third-order valence-corrected chi connectivity index (χ3v) is 11.6. The molecule has 0 saturated heterocycles. The summed E-state index contributed by atoms with van der Waals surface area (Å²) in [7, 11) is 0. The van der Waals surface area contributed by atoms with Crippen LogP contribution in [0.2, 0.25) is 0 Å². The van der Waals surface area contributed by atoms with Crippen LogP contribution in [0, 0.1) is 0 Å². The summed E-state index contributed by atoms with van der Waals surface area (Å²) >= 11 is 0. The zero-order valence-electron chi connectivity index (χ0n) is 31.9. The molecule has 0 atom stereocenters. The predicted molar refractivity (Wildman–Crippen MR) is 225 cm³/mol. The standard InChI is InChI=1S/C52H45NO/c1-50(2,3)38-25-28-47-42(32-38)43-33-39(51(4,5)6)26-29-48(43)53(47)40-21-15-16-34(30-40)35-24-27-46-44(31-35)49(54)41-22-13-14-23-45(41)52(46,36-17-9-7-10-18-36)37-19-11-8-12-20-37/h7-33H,1-6H3. The summed E-state index contributed by atoms with van der Waals surface area (Å²) in [4.78, 5) is 14.6. The van der Waals surface area contributed by atoms with Gasteiger partial charge < -0.3 is 4.57 Å². The van der Waals surface area contributed by atoms with Gasteiger partial charge in [0, 0.05) is 27.6 Å². The van der Waals surface area contributed by atoms with Gasteiger partial charge in [-0.1, -0.05) is 163 Å². The van der Waals surface area contributed by atoms with Gasteiger partial charge in [-0.2, -0.15) is 0 Å². The first-order chi connectivity index (χ1) is 26.0. The number of hydrogen-bond acceptors (Lipinski definition) is 1. The Morgan fingerprint density at radius 3 is 1.54 bits per heavy atom. The second-order valence-corrected chi connectivity index (χ2v) is 17.0. The Kier molecular flexibility index (Phi) is 7.69. The van der Waals surface area contributed by atoms with Gasteiger partial charge in [-0.15, -0.1) is 0 Å². The zero-order valence-corrected chi connectivity index (χ0v) is 31.9. The van der Waals surface area contributed by atoms with Crippen molar-refractivity contribution in [2.24, 2.45) is 0 Å². The molecule has 54 heavy (non-hydrogen) atoms. The third-order valence-electron chi connectivity index (χ3n) is 11.6. The van der Waals surface area contributed by atoms with Crippen LogP contribution in [0.4, 0.5) is 0 Å². The first-order valence-electron chi connectivity index (χ1n) is 19.1. The summed E-state index contributed by atoms with van der Waals surface area (Å²) in [6, 6.07) is 58.7. The van der Waals surface area contributed by atoms with Crippen molar-refractivity contribution in [3.63, 3.8) is 0 Å². The molecular formula is C52H45NO. The van der Waals surface area contributed by atoms with Crippen LogP contribution in [0.1, 0.15) is 90.8 Å². The molecule has 1 heterocycles. The smallest absolute Gasteiger partial charge is 0.193 e. The molecule has 0 fully saturated rings. The molecular weight excluding hydrogens is 655 g/mol. The number of ketones is 1. The van der Waals surface area contributed by atoms with Crippen molar-refractivity contribution in [2.75, 3.05) is 0 Å². The Morgan fingerprint density at radius 1 is 0.444 bits per heavy atom. The van der Waals surface area contributed by atoms with E-state index in [0.29, 0.717) is 0 Å². The van der Waals surface area contributed by atoms with E-state index in [1.54, 1.807) is 0 Å². The molecule has 7 aromatic carbocycles. The molecule has 264 valence electrons. The Morgan fingerprint density at radius 2 is 0.963 bits per heavy atom. The van der Waals surface area contributed by atoms with Crippen molar-refractivity contribution >= 4 is 27.6 Å². The van der Waals surface area contributed by atoms with Gasteiger partial charge >= 0.3 is 0 Å². The topological polar surface area (TPSA) is 22.0 Å². The molecule has 1 aliphatic rings. The predicted octanol–water partition coefficient (Wildman–Crippen LogP) is 13.0. The maximum absolute atomic E-state index is 14.6. The van der Waals surface area contributed by atoms with Crippen LogP contribution in [0.25, 0.3) is 38.6 Å². The SMILES string of the molecule is CC(C)(C)c1ccc2c(c1)c1cc(C(C)(C)C)ccc1n2-c1cccc(-c2ccc3c(c2)C(=O)c2ccccc2C3(c2ccccc2)c2ccccc2)c1. The van der Waals surface area contributed by atoms with Crippen LogP contribution in [-0.4, -0.2) is 10.4 Å². The molecule has 2 nitrogen and oxygen atoms in total. The molecule has 0 amide bonds. The molecule has 0 aliphatic heterocycles. The van der Waals surface area contributed by atoms with Crippen molar-refractivity contribution in [1.29, 1.82) is 0 Å². The molecule has 0 saturated carbocycles. The molecule has 0 radical (unpaired) electrons. The molecule has 0 N–H and O–H groups in total. The number of fused-ring (bicyclic) bond motifs is 5. The van der Waals surface area contributed by atoms with Crippen molar-refractivity contribution in [3.05, 3.63) is 208 Å². The number of carbonyl (C=O) groups is 1. The number of aromatic nitrogens is 1. The zero-order chi connectivity index (χ0) is 37.4. The minimum absolute atomic E-state index is 0.0349.